The fraction of sp³-hybridized carbons (Fsp3) is 0. The molecule has 2 N–H and O–H groups in total. The van der Waals surface area contributed by atoms with Gasteiger partial charge < -0.3 is 5.32 Å². The zero-order chi connectivity index (χ0) is 17.5. The molecule has 124 valence electrons. The molecule has 2 amide bonds. The van der Waals surface area contributed by atoms with Crippen LogP contribution in [0.15, 0.2) is 72.3 Å². The fourth-order valence-corrected chi connectivity index (χ4v) is 2.60. The van der Waals surface area contributed by atoms with E-state index in [0.717, 1.165) is 5.56 Å². The van der Waals surface area contributed by atoms with E-state index < -0.39 is 0 Å². The number of carbonyl (C=O) groups is 2. The van der Waals surface area contributed by atoms with E-state index in [-0.39, 0.29) is 11.8 Å². The summed E-state index contributed by atoms with van der Waals surface area (Å²) in [6.07, 6.45) is 4.84. The molecule has 0 saturated heterocycles. The van der Waals surface area contributed by atoms with Gasteiger partial charge >= 0.3 is 0 Å². The van der Waals surface area contributed by atoms with Gasteiger partial charge in [0.25, 0.3) is 5.91 Å². The van der Waals surface area contributed by atoms with Gasteiger partial charge in [0, 0.05) is 28.9 Å². The molecule has 2 aromatic carbocycles. The van der Waals surface area contributed by atoms with Crippen molar-refractivity contribution in [2.75, 3.05) is 10.6 Å². The van der Waals surface area contributed by atoms with Crippen LogP contribution in [0.2, 0.25) is 0 Å². The van der Waals surface area contributed by atoms with E-state index in [0.29, 0.717) is 16.4 Å². The number of rotatable bonds is 5. The first-order chi connectivity index (χ1) is 12.2. The van der Waals surface area contributed by atoms with Crippen molar-refractivity contribution in [2.24, 2.45) is 0 Å². The number of hydrogen-bond donors (Lipinski definition) is 2. The summed E-state index contributed by atoms with van der Waals surface area (Å²) >= 11 is 1.35. The Bertz CT molecular complexity index is 873. The average molecular weight is 349 g/mol. The van der Waals surface area contributed by atoms with Crippen LogP contribution in [0.5, 0.6) is 0 Å². The van der Waals surface area contributed by atoms with E-state index >= 15 is 0 Å². The third-order valence-electron chi connectivity index (χ3n) is 3.29. The van der Waals surface area contributed by atoms with Gasteiger partial charge in [-0.25, -0.2) is 4.98 Å². The predicted octanol–water partition coefficient (Wildman–Crippen LogP) is 4.05. The van der Waals surface area contributed by atoms with Gasteiger partial charge in [0.15, 0.2) is 5.13 Å². The van der Waals surface area contributed by atoms with Gasteiger partial charge in [-0.3, -0.25) is 14.9 Å². The largest absolute Gasteiger partial charge is 0.323 e. The first-order valence-corrected chi connectivity index (χ1v) is 8.44. The minimum absolute atomic E-state index is 0.233. The molecule has 0 radical (unpaired) electrons. The minimum Gasteiger partial charge on any atom is -0.323 e. The molecule has 3 rings (SSSR count). The highest BCUT2D eigenvalue weighted by atomic mass is 32.1. The molecule has 0 atom stereocenters. The maximum absolute atomic E-state index is 12.1. The highest BCUT2D eigenvalue weighted by molar-refractivity contribution is 7.13. The number of thiazole rings is 1. The second-order valence-electron chi connectivity index (χ2n) is 5.10. The van der Waals surface area contributed by atoms with Crippen molar-refractivity contribution in [1.29, 1.82) is 0 Å². The van der Waals surface area contributed by atoms with Crippen molar-refractivity contribution in [3.63, 3.8) is 0 Å². The first kappa shape index (κ1) is 16.6. The molecule has 5 nitrogen and oxygen atoms in total. The van der Waals surface area contributed by atoms with Crippen molar-refractivity contribution in [1.82, 2.24) is 4.98 Å². The summed E-state index contributed by atoms with van der Waals surface area (Å²) in [5, 5.41) is 7.80. The Kier molecular flexibility index (Phi) is 5.33. The van der Waals surface area contributed by atoms with Crippen molar-refractivity contribution in [2.45, 2.75) is 0 Å². The van der Waals surface area contributed by atoms with Gasteiger partial charge in [0.1, 0.15) is 0 Å². The van der Waals surface area contributed by atoms with E-state index in [1.165, 1.54) is 17.4 Å². The Hall–Kier alpha value is -3.25. The molecule has 1 heterocycles. The summed E-state index contributed by atoms with van der Waals surface area (Å²) in [7, 11) is 0. The Morgan fingerprint density at radius 3 is 2.40 bits per heavy atom. The van der Waals surface area contributed by atoms with Crippen molar-refractivity contribution in [3.8, 4) is 0 Å². The molecule has 0 aliphatic rings. The molecule has 3 aromatic rings. The molecular formula is C19H15N3O2S. The van der Waals surface area contributed by atoms with Crippen LogP contribution < -0.4 is 10.6 Å². The molecule has 0 unspecified atom stereocenters. The SMILES string of the molecule is O=C(C=Cc1ccccc1)Nc1ccc(C(=O)Nc2nccs2)cc1. The molecule has 0 fully saturated rings. The Morgan fingerprint density at radius 2 is 1.72 bits per heavy atom. The van der Waals surface area contributed by atoms with Crippen LogP contribution in [-0.2, 0) is 4.79 Å². The summed E-state index contributed by atoms with van der Waals surface area (Å²) in [6.45, 7) is 0. The lowest BCUT2D eigenvalue weighted by Crippen LogP contribution is -2.12. The van der Waals surface area contributed by atoms with E-state index in [2.05, 4.69) is 15.6 Å². The Balaban J connectivity index is 1.57. The minimum atomic E-state index is -0.239. The molecule has 0 aliphatic carbocycles. The summed E-state index contributed by atoms with van der Waals surface area (Å²) < 4.78 is 0. The molecule has 0 spiro atoms. The van der Waals surface area contributed by atoms with E-state index in [4.69, 9.17) is 0 Å². The number of benzene rings is 2. The van der Waals surface area contributed by atoms with Gasteiger partial charge in [-0.15, -0.1) is 11.3 Å². The fourth-order valence-electron chi connectivity index (χ4n) is 2.08. The van der Waals surface area contributed by atoms with E-state index in [9.17, 15) is 9.59 Å². The molecule has 0 bridgehead atoms. The topological polar surface area (TPSA) is 71.1 Å². The summed E-state index contributed by atoms with van der Waals surface area (Å²) in [6, 6.07) is 16.2. The van der Waals surface area contributed by atoms with Gasteiger partial charge in [0.05, 0.1) is 0 Å². The Morgan fingerprint density at radius 1 is 0.960 bits per heavy atom. The highest BCUT2D eigenvalue weighted by Gasteiger charge is 2.07. The quantitative estimate of drug-likeness (QED) is 0.683. The van der Waals surface area contributed by atoms with Crippen LogP contribution in [0, 0.1) is 0 Å². The second-order valence-corrected chi connectivity index (χ2v) is 6.00. The number of carbonyl (C=O) groups excluding carboxylic acids is 2. The smallest absolute Gasteiger partial charge is 0.257 e. The summed E-state index contributed by atoms with van der Waals surface area (Å²) in [4.78, 5) is 28.0. The van der Waals surface area contributed by atoms with Crippen LogP contribution in [0.4, 0.5) is 10.8 Å². The van der Waals surface area contributed by atoms with E-state index in [1.807, 2.05) is 30.3 Å². The number of nitrogens with zero attached hydrogens (tertiary/aromatic N) is 1. The Labute approximate surface area is 149 Å². The first-order valence-electron chi connectivity index (χ1n) is 7.56. The van der Waals surface area contributed by atoms with Crippen molar-refractivity contribution >= 4 is 40.0 Å². The molecule has 1 aromatic heterocycles. The number of nitrogens with one attached hydrogen (secondary N) is 2. The van der Waals surface area contributed by atoms with Crippen molar-refractivity contribution in [3.05, 3.63) is 83.4 Å². The molecule has 25 heavy (non-hydrogen) atoms. The van der Waals surface area contributed by atoms with Gasteiger partial charge in [-0.1, -0.05) is 30.3 Å². The number of hydrogen-bond acceptors (Lipinski definition) is 4. The van der Waals surface area contributed by atoms with Gasteiger partial charge in [0.2, 0.25) is 5.91 Å². The second kappa shape index (κ2) is 8.03. The standard InChI is InChI=1S/C19H15N3O2S/c23-17(11-6-14-4-2-1-3-5-14)21-16-9-7-15(8-10-16)18(24)22-19-20-12-13-25-19/h1-13H,(H,21,23)(H,20,22,24). The molecule has 0 aliphatic heterocycles. The molecule has 0 saturated carbocycles. The molecular weight excluding hydrogens is 334 g/mol. The van der Waals surface area contributed by atoms with Crippen molar-refractivity contribution < 1.29 is 9.59 Å². The monoisotopic (exact) mass is 349 g/mol. The molecule has 6 heteroatoms. The predicted molar refractivity (Wildman–Crippen MR) is 101 cm³/mol. The lowest BCUT2D eigenvalue weighted by molar-refractivity contribution is -0.111. The summed E-state index contributed by atoms with van der Waals surface area (Å²) in [5.74, 6) is -0.472. The van der Waals surface area contributed by atoms with Crippen LogP contribution in [0.3, 0.4) is 0 Å². The summed E-state index contributed by atoms with van der Waals surface area (Å²) in [5.41, 5.74) is 2.06. The van der Waals surface area contributed by atoms with Crippen LogP contribution in [0.1, 0.15) is 15.9 Å². The average Bonchev–Trinajstić information content (AvgIpc) is 3.14. The number of aromatic nitrogens is 1. The van der Waals surface area contributed by atoms with Crippen LogP contribution in [-0.4, -0.2) is 16.8 Å². The third-order valence-corrected chi connectivity index (χ3v) is 3.98. The number of anilines is 2. The lowest BCUT2D eigenvalue weighted by atomic mass is 10.2. The zero-order valence-corrected chi connectivity index (χ0v) is 14.0. The third kappa shape index (κ3) is 4.86. The van der Waals surface area contributed by atoms with Gasteiger partial charge in [-0.2, -0.15) is 0 Å². The number of amides is 2. The normalized spacial score (nSPS) is 10.6. The maximum atomic E-state index is 12.1. The van der Waals surface area contributed by atoms with Crippen LogP contribution in [0.25, 0.3) is 6.08 Å². The highest BCUT2D eigenvalue weighted by Crippen LogP contribution is 2.14. The zero-order valence-electron chi connectivity index (χ0n) is 13.2. The van der Waals surface area contributed by atoms with Crippen LogP contribution >= 0.6 is 11.3 Å². The lowest BCUT2D eigenvalue weighted by Gasteiger charge is -2.05. The maximum Gasteiger partial charge on any atom is 0.257 e. The van der Waals surface area contributed by atoms with E-state index in [1.54, 1.807) is 41.9 Å². The van der Waals surface area contributed by atoms with Gasteiger partial charge in [-0.05, 0) is 35.9 Å².